The van der Waals surface area contributed by atoms with E-state index < -0.39 is 0 Å². The maximum atomic E-state index is 12.7. The molecule has 0 bridgehead atoms. The van der Waals surface area contributed by atoms with Gasteiger partial charge in [-0.25, -0.2) is 0 Å². The number of piperazine rings is 1. The first-order valence-electron chi connectivity index (χ1n) is 10.8. The SMILES string of the molecule is CN1CCN(Cc2cccc(CNC(=O)C3CC(=O)N(c4cccc(Cl)c4)C3)c2)CC1. The highest BCUT2D eigenvalue weighted by Crippen LogP contribution is 2.27. The summed E-state index contributed by atoms with van der Waals surface area (Å²) in [5, 5.41) is 3.60. The number of nitrogens with one attached hydrogen (secondary N) is 1. The van der Waals surface area contributed by atoms with Gasteiger partial charge in [-0.05, 0) is 36.4 Å². The van der Waals surface area contributed by atoms with Crippen molar-refractivity contribution in [1.29, 1.82) is 0 Å². The minimum Gasteiger partial charge on any atom is -0.352 e. The molecule has 2 saturated heterocycles. The van der Waals surface area contributed by atoms with E-state index in [1.165, 1.54) is 5.56 Å². The minimum absolute atomic E-state index is 0.0448. The third-order valence-corrected chi connectivity index (χ3v) is 6.31. The summed E-state index contributed by atoms with van der Waals surface area (Å²) >= 11 is 6.05. The van der Waals surface area contributed by atoms with Gasteiger partial charge in [-0.1, -0.05) is 41.9 Å². The molecule has 164 valence electrons. The highest BCUT2D eigenvalue weighted by Gasteiger charge is 2.35. The number of amides is 2. The Bertz CT molecular complexity index is 943. The molecule has 2 fully saturated rings. The molecule has 0 saturated carbocycles. The van der Waals surface area contributed by atoms with Crippen molar-refractivity contribution in [2.24, 2.45) is 5.92 Å². The molecule has 2 aromatic carbocycles. The third kappa shape index (κ3) is 5.64. The second-order valence-electron chi connectivity index (χ2n) is 8.50. The molecule has 0 spiro atoms. The summed E-state index contributed by atoms with van der Waals surface area (Å²) in [6.45, 7) is 6.14. The minimum atomic E-state index is -0.347. The largest absolute Gasteiger partial charge is 0.352 e. The van der Waals surface area contributed by atoms with Crippen molar-refractivity contribution in [3.8, 4) is 0 Å². The van der Waals surface area contributed by atoms with E-state index in [1.54, 1.807) is 17.0 Å². The maximum Gasteiger partial charge on any atom is 0.227 e. The number of likely N-dealkylation sites (N-methyl/N-ethyl adjacent to an activating group) is 1. The zero-order valence-corrected chi connectivity index (χ0v) is 18.6. The third-order valence-electron chi connectivity index (χ3n) is 6.08. The Morgan fingerprint density at radius 2 is 1.81 bits per heavy atom. The summed E-state index contributed by atoms with van der Waals surface area (Å²) in [6, 6.07) is 15.6. The molecular formula is C24H29ClN4O2. The van der Waals surface area contributed by atoms with Gasteiger partial charge >= 0.3 is 0 Å². The van der Waals surface area contributed by atoms with Crippen LogP contribution in [0.4, 0.5) is 5.69 Å². The lowest BCUT2D eigenvalue weighted by atomic mass is 10.1. The molecule has 7 heteroatoms. The van der Waals surface area contributed by atoms with E-state index in [0.29, 0.717) is 18.1 Å². The quantitative estimate of drug-likeness (QED) is 0.750. The average Bonchev–Trinajstić information content (AvgIpc) is 3.16. The molecule has 6 nitrogen and oxygen atoms in total. The number of carbonyl (C=O) groups is 2. The Labute approximate surface area is 188 Å². The average molecular weight is 441 g/mol. The number of hydrogen-bond acceptors (Lipinski definition) is 4. The van der Waals surface area contributed by atoms with Crippen LogP contribution in [-0.2, 0) is 22.7 Å². The lowest BCUT2D eigenvalue weighted by Crippen LogP contribution is -2.43. The second-order valence-corrected chi connectivity index (χ2v) is 8.94. The van der Waals surface area contributed by atoms with Crippen molar-refractivity contribution >= 4 is 29.1 Å². The number of benzene rings is 2. The first-order valence-corrected chi connectivity index (χ1v) is 11.2. The summed E-state index contributed by atoms with van der Waals surface area (Å²) in [6.07, 6.45) is 0.224. The lowest BCUT2D eigenvalue weighted by Gasteiger charge is -2.32. The van der Waals surface area contributed by atoms with E-state index in [-0.39, 0.29) is 24.2 Å². The van der Waals surface area contributed by atoms with Crippen LogP contribution in [-0.4, -0.2) is 61.4 Å². The van der Waals surface area contributed by atoms with E-state index in [4.69, 9.17) is 11.6 Å². The first kappa shape index (κ1) is 21.8. The standard InChI is InChI=1S/C24H29ClN4O2/c1-27-8-10-28(11-9-27)16-19-5-2-4-18(12-19)15-26-24(31)20-13-23(30)29(17-20)22-7-3-6-21(25)14-22/h2-7,12,14,20H,8-11,13,15-17H2,1H3,(H,26,31). The number of nitrogens with zero attached hydrogens (tertiary/aromatic N) is 3. The van der Waals surface area contributed by atoms with E-state index in [0.717, 1.165) is 44.0 Å². The van der Waals surface area contributed by atoms with Crippen LogP contribution in [0.25, 0.3) is 0 Å². The number of hydrogen-bond donors (Lipinski definition) is 1. The Morgan fingerprint density at radius 3 is 2.58 bits per heavy atom. The Kier molecular flexibility index (Phi) is 6.90. The topological polar surface area (TPSA) is 55.9 Å². The molecular weight excluding hydrogens is 412 g/mol. The number of halogens is 1. The second kappa shape index (κ2) is 9.81. The maximum absolute atomic E-state index is 12.7. The van der Waals surface area contributed by atoms with Crippen LogP contribution >= 0.6 is 11.6 Å². The molecule has 2 aliphatic rings. The van der Waals surface area contributed by atoms with Crippen LogP contribution in [0.15, 0.2) is 48.5 Å². The molecule has 1 atom stereocenters. The number of anilines is 1. The van der Waals surface area contributed by atoms with Gasteiger partial charge in [0.2, 0.25) is 11.8 Å². The predicted molar refractivity (Wildman–Crippen MR) is 123 cm³/mol. The lowest BCUT2D eigenvalue weighted by molar-refractivity contribution is -0.126. The van der Waals surface area contributed by atoms with Crippen LogP contribution in [0, 0.1) is 5.92 Å². The Hall–Kier alpha value is -2.41. The normalized spacial score (nSPS) is 20.3. The van der Waals surface area contributed by atoms with E-state index >= 15 is 0 Å². The van der Waals surface area contributed by atoms with Gasteiger partial charge in [0, 0.05) is 62.9 Å². The van der Waals surface area contributed by atoms with Crippen molar-refractivity contribution in [2.75, 3.05) is 44.7 Å². The highest BCUT2D eigenvalue weighted by atomic mass is 35.5. The van der Waals surface area contributed by atoms with E-state index in [2.05, 4.69) is 34.3 Å². The molecule has 1 N–H and O–H groups in total. The van der Waals surface area contributed by atoms with Crippen molar-refractivity contribution in [2.45, 2.75) is 19.5 Å². The van der Waals surface area contributed by atoms with Crippen LogP contribution in [0.2, 0.25) is 5.02 Å². The van der Waals surface area contributed by atoms with Crippen LogP contribution in [0.1, 0.15) is 17.5 Å². The summed E-state index contributed by atoms with van der Waals surface area (Å²) in [7, 11) is 2.16. The van der Waals surface area contributed by atoms with Crippen molar-refractivity contribution in [1.82, 2.24) is 15.1 Å². The fraction of sp³-hybridized carbons (Fsp3) is 0.417. The van der Waals surface area contributed by atoms with Crippen LogP contribution in [0.3, 0.4) is 0 Å². The zero-order valence-electron chi connectivity index (χ0n) is 17.9. The van der Waals surface area contributed by atoms with Gasteiger partial charge in [-0.3, -0.25) is 14.5 Å². The molecule has 0 aromatic heterocycles. The summed E-state index contributed by atoms with van der Waals surface area (Å²) in [5.74, 6) is -0.473. The van der Waals surface area contributed by atoms with Gasteiger partial charge in [0.15, 0.2) is 0 Å². The smallest absolute Gasteiger partial charge is 0.227 e. The van der Waals surface area contributed by atoms with Crippen LogP contribution in [0.5, 0.6) is 0 Å². The van der Waals surface area contributed by atoms with E-state index in [9.17, 15) is 9.59 Å². The van der Waals surface area contributed by atoms with Crippen molar-refractivity contribution < 1.29 is 9.59 Å². The van der Waals surface area contributed by atoms with Crippen molar-refractivity contribution in [3.05, 3.63) is 64.7 Å². The number of rotatable bonds is 6. The van der Waals surface area contributed by atoms with Gasteiger partial charge < -0.3 is 15.1 Å². The van der Waals surface area contributed by atoms with Crippen LogP contribution < -0.4 is 10.2 Å². The zero-order chi connectivity index (χ0) is 21.8. The fourth-order valence-corrected chi connectivity index (χ4v) is 4.40. The summed E-state index contributed by atoms with van der Waals surface area (Å²) in [5.41, 5.74) is 3.08. The molecule has 2 heterocycles. The molecule has 2 aliphatic heterocycles. The fourth-order valence-electron chi connectivity index (χ4n) is 4.21. The molecule has 0 aliphatic carbocycles. The van der Waals surface area contributed by atoms with Gasteiger partial charge in [0.25, 0.3) is 0 Å². The highest BCUT2D eigenvalue weighted by molar-refractivity contribution is 6.31. The molecule has 4 rings (SSSR count). The van der Waals surface area contributed by atoms with Gasteiger partial charge in [0.1, 0.15) is 0 Å². The predicted octanol–water partition coefficient (Wildman–Crippen LogP) is 2.76. The first-order chi connectivity index (χ1) is 15.0. The Balaban J connectivity index is 1.30. The van der Waals surface area contributed by atoms with Gasteiger partial charge in [0.05, 0.1) is 5.92 Å². The Morgan fingerprint density at radius 1 is 1.06 bits per heavy atom. The number of carbonyl (C=O) groups excluding carboxylic acids is 2. The monoisotopic (exact) mass is 440 g/mol. The van der Waals surface area contributed by atoms with Gasteiger partial charge in [-0.2, -0.15) is 0 Å². The summed E-state index contributed by atoms with van der Waals surface area (Å²) in [4.78, 5) is 31.6. The van der Waals surface area contributed by atoms with Gasteiger partial charge in [-0.15, -0.1) is 0 Å². The molecule has 2 amide bonds. The molecule has 0 radical (unpaired) electrons. The molecule has 31 heavy (non-hydrogen) atoms. The molecule has 1 unspecified atom stereocenters. The summed E-state index contributed by atoms with van der Waals surface area (Å²) < 4.78 is 0. The van der Waals surface area contributed by atoms with Crippen molar-refractivity contribution in [3.63, 3.8) is 0 Å². The molecule has 2 aromatic rings. The van der Waals surface area contributed by atoms with E-state index in [1.807, 2.05) is 24.3 Å².